The smallest absolute Gasteiger partial charge is 0.127 e. The van der Waals surface area contributed by atoms with Crippen molar-refractivity contribution < 1.29 is 4.74 Å². The zero-order chi connectivity index (χ0) is 14.7. The van der Waals surface area contributed by atoms with E-state index in [-0.39, 0.29) is 0 Å². The molecule has 1 aliphatic heterocycles. The molecule has 0 aliphatic carbocycles. The number of hydrogen-bond acceptors (Lipinski definition) is 2. The number of benzene rings is 2. The van der Waals surface area contributed by atoms with Gasteiger partial charge in [0.05, 0.1) is 6.61 Å². The lowest BCUT2D eigenvalue weighted by atomic mass is 9.96. The molecule has 0 saturated carbocycles. The Hall–Kier alpha value is -1.51. The van der Waals surface area contributed by atoms with Crippen LogP contribution in [-0.4, -0.2) is 6.61 Å². The van der Waals surface area contributed by atoms with Crippen molar-refractivity contribution in [2.45, 2.75) is 32.4 Å². The third-order valence-corrected chi connectivity index (χ3v) is 4.25. The lowest BCUT2D eigenvalue weighted by molar-refractivity contribution is 0.250. The van der Waals surface area contributed by atoms with Gasteiger partial charge in [0.25, 0.3) is 0 Å². The molecule has 0 spiro atoms. The van der Waals surface area contributed by atoms with Crippen molar-refractivity contribution in [3.05, 3.63) is 64.2 Å². The molecule has 3 heteroatoms. The Balaban J connectivity index is 1.75. The third-order valence-electron chi connectivity index (χ3n) is 4.00. The molecule has 1 N–H and O–H groups in total. The van der Waals surface area contributed by atoms with Crippen LogP contribution in [0.4, 0.5) is 0 Å². The van der Waals surface area contributed by atoms with Gasteiger partial charge in [-0.2, -0.15) is 0 Å². The average Bonchev–Trinajstić information content (AvgIpc) is 2.53. The number of nitrogens with one attached hydrogen (secondary N) is 1. The monoisotopic (exact) mass is 301 g/mol. The average molecular weight is 302 g/mol. The molecule has 0 amide bonds. The number of ether oxygens (including phenoxy) is 1. The first-order valence-electron chi connectivity index (χ1n) is 7.50. The Morgan fingerprint density at radius 2 is 2.00 bits per heavy atom. The Morgan fingerprint density at radius 3 is 2.76 bits per heavy atom. The minimum absolute atomic E-state index is 0.357. The highest BCUT2D eigenvalue weighted by atomic mass is 35.5. The van der Waals surface area contributed by atoms with Crippen LogP contribution in [-0.2, 0) is 13.0 Å². The van der Waals surface area contributed by atoms with Crippen LogP contribution in [0, 0.1) is 0 Å². The predicted octanol–water partition coefficient (Wildman–Crippen LogP) is 4.52. The maximum atomic E-state index is 5.92. The van der Waals surface area contributed by atoms with Gasteiger partial charge in [0.2, 0.25) is 0 Å². The molecule has 0 aromatic heterocycles. The topological polar surface area (TPSA) is 21.3 Å². The van der Waals surface area contributed by atoms with Gasteiger partial charge < -0.3 is 10.1 Å². The first-order valence-corrected chi connectivity index (χ1v) is 7.88. The quantitative estimate of drug-likeness (QED) is 0.897. The first kappa shape index (κ1) is 14.4. The van der Waals surface area contributed by atoms with Crippen LogP contribution in [0.25, 0.3) is 0 Å². The lowest BCUT2D eigenvalue weighted by Crippen LogP contribution is -2.27. The van der Waals surface area contributed by atoms with E-state index < -0.39 is 0 Å². The van der Waals surface area contributed by atoms with Gasteiger partial charge in [-0.25, -0.2) is 0 Å². The third kappa shape index (κ3) is 3.22. The van der Waals surface area contributed by atoms with Crippen molar-refractivity contribution in [2.75, 3.05) is 6.61 Å². The molecule has 1 atom stereocenters. The highest BCUT2D eigenvalue weighted by molar-refractivity contribution is 6.30. The SMILES string of the molecule is CCc1cccc2c1OCCC2NCc1ccc(Cl)cc1. The molecular formula is C18H20ClNO. The molecule has 0 bridgehead atoms. The summed E-state index contributed by atoms with van der Waals surface area (Å²) >= 11 is 5.92. The Kier molecular flexibility index (Phi) is 4.47. The van der Waals surface area contributed by atoms with E-state index in [0.29, 0.717) is 6.04 Å². The molecule has 2 nitrogen and oxygen atoms in total. The van der Waals surface area contributed by atoms with E-state index >= 15 is 0 Å². The fourth-order valence-corrected chi connectivity index (χ4v) is 2.95. The van der Waals surface area contributed by atoms with E-state index in [1.54, 1.807) is 0 Å². The molecule has 0 fully saturated rings. The van der Waals surface area contributed by atoms with Gasteiger partial charge in [0.1, 0.15) is 5.75 Å². The summed E-state index contributed by atoms with van der Waals surface area (Å²) in [7, 11) is 0. The number of hydrogen-bond donors (Lipinski definition) is 1. The van der Waals surface area contributed by atoms with E-state index in [1.807, 2.05) is 12.1 Å². The fourth-order valence-electron chi connectivity index (χ4n) is 2.82. The fraction of sp³-hybridized carbons (Fsp3) is 0.333. The summed E-state index contributed by atoms with van der Waals surface area (Å²) < 4.78 is 5.89. The molecule has 2 aromatic rings. The summed E-state index contributed by atoms with van der Waals surface area (Å²) in [4.78, 5) is 0. The number of aryl methyl sites for hydroxylation is 1. The standard InChI is InChI=1S/C18H20ClNO/c1-2-14-4-3-5-16-17(10-11-21-18(14)16)20-12-13-6-8-15(19)9-7-13/h3-9,17,20H,2,10-12H2,1H3. The minimum Gasteiger partial charge on any atom is -0.493 e. The Bertz CT molecular complexity index is 609. The summed E-state index contributed by atoms with van der Waals surface area (Å²) in [6.45, 7) is 3.80. The highest BCUT2D eigenvalue weighted by Crippen LogP contribution is 2.35. The maximum absolute atomic E-state index is 5.92. The molecule has 1 heterocycles. The lowest BCUT2D eigenvalue weighted by Gasteiger charge is -2.28. The summed E-state index contributed by atoms with van der Waals surface area (Å²) in [6.07, 6.45) is 2.01. The van der Waals surface area contributed by atoms with Gasteiger partial charge in [-0.1, -0.05) is 48.9 Å². The number of halogens is 1. The van der Waals surface area contributed by atoms with Gasteiger partial charge in [0.15, 0.2) is 0 Å². The summed E-state index contributed by atoms with van der Waals surface area (Å²) in [6, 6.07) is 14.8. The maximum Gasteiger partial charge on any atom is 0.127 e. The Labute approximate surface area is 131 Å². The highest BCUT2D eigenvalue weighted by Gasteiger charge is 2.22. The summed E-state index contributed by atoms with van der Waals surface area (Å²) in [5.41, 5.74) is 3.83. The van der Waals surface area contributed by atoms with Crippen molar-refractivity contribution in [3.63, 3.8) is 0 Å². The van der Waals surface area contributed by atoms with Crippen molar-refractivity contribution >= 4 is 11.6 Å². The molecule has 21 heavy (non-hydrogen) atoms. The van der Waals surface area contributed by atoms with E-state index in [0.717, 1.165) is 36.8 Å². The second-order valence-corrected chi connectivity index (χ2v) is 5.82. The van der Waals surface area contributed by atoms with Gasteiger partial charge in [-0.3, -0.25) is 0 Å². The largest absolute Gasteiger partial charge is 0.493 e. The molecule has 1 aliphatic rings. The van der Waals surface area contributed by atoms with Crippen molar-refractivity contribution in [1.29, 1.82) is 0 Å². The van der Waals surface area contributed by atoms with Crippen molar-refractivity contribution in [3.8, 4) is 5.75 Å². The van der Waals surface area contributed by atoms with Crippen LogP contribution in [0.3, 0.4) is 0 Å². The zero-order valence-corrected chi connectivity index (χ0v) is 13.0. The summed E-state index contributed by atoms with van der Waals surface area (Å²) in [5, 5.41) is 4.42. The van der Waals surface area contributed by atoms with Gasteiger partial charge >= 0.3 is 0 Å². The molecule has 3 rings (SSSR count). The number of rotatable bonds is 4. The van der Waals surface area contributed by atoms with E-state index in [1.165, 1.54) is 16.7 Å². The normalized spacial score (nSPS) is 17.1. The summed E-state index contributed by atoms with van der Waals surface area (Å²) in [5.74, 6) is 1.08. The number of para-hydroxylation sites is 1. The molecule has 0 radical (unpaired) electrons. The zero-order valence-electron chi connectivity index (χ0n) is 12.2. The molecule has 2 aromatic carbocycles. The van der Waals surface area contributed by atoms with Crippen LogP contribution in [0.1, 0.15) is 36.1 Å². The Morgan fingerprint density at radius 1 is 1.19 bits per heavy atom. The van der Waals surface area contributed by atoms with Crippen LogP contribution < -0.4 is 10.1 Å². The van der Waals surface area contributed by atoms with E-state index in [2.05, 4.69) is 42.6 Å². The van der Waals surface area contributed by atoms with Crippen molar-refractivity contribution in [2.24, 2.45) is 0 Å². The van der Waals surface area contributed by atoms with Crippen LogP contribution in [0.15, 0.2) is 42.5 Å². The molecule has 0 saturated heterocycles. The van der Waals surface area contributed by atoms with Gasteiger partial charge in [-0.05, 0) is 29.7 Å². The van der Waals surface area contributed by atoms with Gasteiger partial charge in [0, 0.05) is 29.6 Å². The number of fused-ring (bicyclic) bond motifs is 1. The molecule has 110 valence electrons. The first-order chi connectivity index (χ1) is 10.3. The minimum atomic E-state index is 0.357. The van der Waals surface area contributed by atoms with Crippen LogP contribution in [0.5, 0.6) is 5.75 Å². The molecular weight excluding hydrogens is 282 g/mol. The van der Waals surface area contributed by atoms with E-state index in [4.69, 9.17) is 16.3 Å². The molecule has 1 unspecified atom stereocenters. The van der Waals surface area contributed by atoms with Gasteiger partial charge in [-0.15, -0.1) is 0 Å². The van der Waals surface area contributed by atoms with E-state index in [9.17, 15) is 0 Å². The second-order valence-electron chi connectivity index (χ2n) is 5.39. The van der Waals surface area contributed by atoms with Crippen LogP contribution in [0.2, 0.25) is 5.02 Å². The van der Waals surface area contributed by atoms with Crippen molar-refractivity contribution in [1.82, 2.24) is 5.32 Å². The predicted molar refractivity (Wildman–Crippen MR) is 87.0 cm³/mol. The second kappa shape index (κ2) is 6.50. The van der Waals surface area contributed by atoms with Crippen LogP contribution >= 0.6 is 11.6 Å².